The summed E-state index contributed by atoms with van der Waals surface area (Å²) in [6.45, 7) is 4.48. The van der Waals surface area contributed by atoms with Gasteiger partial charge in [0.2, 0.25) is 0 Å². The normalized spacial score (nSPS) is 11.1. The van der Waals surface area contributed by atoms with Crippen LogP contribution in [0.3, 0.4) is 0 Å². The lowest BCUT2D eigenvalue weighted by Gasteiger charge is -2.13. The first-order chi connectivity index (χ1) is 13.5. The molecule has 1 heterocycles. The van der Waals surface area contributed by atoms with Crippen LogP contribution in [0.25, 0.3) is 5.69 Å². The Morgan fingerprint density at radius 2 is 1.66 bits per heavy atom. The summed E-state index contributed by atoms with van der Waals surface area (Å²) in [6.07, 6.45) is 3.37. The molecule has 0 aliphatic heterocycles. The fourth-order valence-electron chi connectivity index (χ4n) is 2.90. The SMILES string of the molecule is CN=C(NCc1ccc(F)c(C)c1)NCc1ccc(-n2ccnc2C)c(F)c1.I. The summed E-state index contributed by atoms with van der Waals surface area (Å²) in [7, 11) is 1.66. The van der Waals surface area contributed by atoms with E-state index in [0.29, 0.717) is 30.3 Å². The van der Waals surface area contributed by atoms with Gasteiger partial charge >= 0.3 is 0 Å². The molecule has 3 aromatic rings. The molecule has 29 heavy (non-hydrogen) atoms. The van der Waals surface area contributed by atoms with Gasteiger partial charge in [0.25, 0.3) is 0 Å². The molecular formula is C21H24F2IN5. The predicted molar refractivity (Wildman–Crippen MR) is 122 cm³/mol. The first-order valence-corrected chi connectivity index (χ1v) is 8.96. The van der Waals surface area contributed by atoms with E-state index in [2.05, 4.69) is 20.6 Å². The number of aryl methyl sites for hydroxylation is 2. The van der Waals surface area contributed by atoms with Crippen molar-refractivity contribution in [3.63, 3.8) is 0 Å². The summed E-state index contributed by atoms with van der Waals surface area (Å²) in [5.41, 5.74) is 2.81. The number of hydrogen-bond donors (Lipinski definition) is 2. The molecule has 0 aliphatic rings. The summed E-state index contributed by atoms with van der Waals surface area (Å²) >= 11 is 0. The number of imidazole rings is 1. The van der Waals surface area contributed by atoms with Crippen molar-refractivity contribution in [3.8, 4) is 5.69 Å². The van der Waals surface area contributed by atoms with Crippen LogP contribution >= 0.6 is 24.0 Å². The van der Waals surface area contributed by atoms with Crippen LogP contribution in [-0.2, 0) is 13.1 Å². The summed E-state index contributed by atoms with van der Waals surface area (Å²) in [6, 6.07) is 10.1. The van der Waals surface area contributed by atoms with Crippen LogP contribution in [-0.4, -0.2) is 22.6 Å². The van der Waals surface area contributed by atoms with E-state index in [1.165, 1.54) is 12.1 Å². The summed E-state index contributed by atoms with van der Waals surface area (Å²) in [4.78, 5) is 8.29. The maximum atomic E-state index is 14.5. The van der Waals surface area contributed by atoms with E-state index in [1.54, 1.807) is 49.1 Å². The number of hydrogen-bond acceptors (Lipinski definition) is 2. The van der Waals surface area contributed by atoms with Crippen LogP contribution in [0.5, 0.6) is 0 Å². The molecule has 3 rings (SSSR count). The lowest BCUT2D eigenvalue weighted by atomic mass is 10.1. The first kappa shape index (κ1) is 22.8. The maximum absolute atomic E-state index is 14.5. The fourth-order valence-corrected chi connectivity index (χ4v) is 2.90. The van der Waals surface area contributed by atoms with Crippen molar-refractivity contribution in [2.75, 3.05) is 7.05 Å². The van der Waals surface area contributed by atoms with E-state index >= 15 is 0 Å². The molecule has 0 unspecified atom stereocenters. The highest BCUT2D eigenvalue weighted by atomic mass is 127. The van der Waals surface area contributed by atoms with E-state index in [9.17, 15) is 8.78 Å². The Labute approximate surface area is 186 Å². The van der Waals surface area contributed by atoms with Crippen molar-refractivity contribution in [1.82, 2.24) is 20.2 Å². The topological polar surface area (TPSA) is 54.2 Å². The molecule has 5 nitrogen and oxygen atoms in total. The van der Waals surface area contributed by atoms with Crippen molar-refractivity contribution in [2.45, 2.75) is 26.9 Å². The molecule has 0 fully saturated rings. The molecule has 1 aromatic heterocycles. The molecule has 0 saturated heterocycles. The van der Waals surface area contributed by atoms with Crippen LogP contribution in [0.15, 0.2) is 53.8 Å². The minimum Gasteiger partial charge on any atom is -0.352 e. The largest absolute Gasteiger partial charge is 0.352 e. The van der Waals surface area contributed by atoms with Gasteiger partial charge in [0, 0.05) is 32.5 Å². The molecular weight excluding hydrogens is 487 g/mol. The number of halogens is 3. The fraction of sp³-hybridized carbons (Fsp3) is 0.238. The van der Waals surface area contributed by atoms with Gasteiger partial charge in [0.15, 0.2) is 5.96 Å². The summed E-state index contributed by atoms with van der Waals surface area (Å²) < 4.78 is 29.5. The minimum atomic E-state index is -0.315. The zero-order valence-electron chi connectivity index (χ0n) is 16.5. The number of benzene rings is 2. The highest BCUT2D eigenvalue weighted by Gasteiger charge is 2.08. The average molecular weight is 511 g/mol. The van der Waals surface area contributed by atoms with Crippen molar-refractivity contribution >= 4 is 29.9 Å². The smallest absolute Gasteiger partial charge is 0.191 e. The lowest BCUT2D eigenvalue weighted by molar-refractivity contribution is 0.613. The molecule has 154 valence electrons. The molecule has 0 spiro atoms. The Kier molecular flexibility index (Phi) is 8.12. The lowest BCUT2D eigenvalue weighted by Crippen LogP contribution is -2.36. The monoisotopic (exact) mass is 511 g/mol. The van der Waals surface area contributed by atoms with Gasteiger partial charge in [-0.05, 0) is 48.7 Å². The highest BCUT2D eigenvalue weighted by molar-refractivity contribution is 14.0. The first-order valence-electron chi connectivity index (χ1n) is 8.96. The Morgan fingerprint density at radius 3 is 2.21 bits per heavy atom. The van der Waals surface area contributed by atoms with Crippen LogP contribution in [0.2, 0.25) is 0 Å². The van der Waals surface area contributed by atoms with E-state index in [-0.39, 0.29) is 35.6 Å². The molecule has 2 N–H and O–H groups in total. The predicted octanol–water partition coefficient (Wildman–Crippen LogP) is 4.25. The zero-order chi connectivity index (χ0) is 20.1. The molecule has 0 amide bonds. The van der Waals surface area contributed by atoms with E-state index in [1.807, 2.05) is 13.0 Å². The molecule has 8 heteroatoms. The van der Waals surface area contributed by atoms with Gasteiger partial charge in [-0.3, -0.25) is 4.99 Å². The van der Waals surface area contributed by atoms with Gasteiger partial charge in [0.05, 0.1) is 5.69 Å². The number of rotatable bonds is 5. The molecule has 0 radical (unpaired) electrons. The van der Waals surface area contributed by atoms with Gasteiger partial charge in [-0.25, -0.2) is 13.8 Å². The van der Waals surface area contributed by atoms with E-state index in [0.717, 1.165) is 17.0 Å². The Morgan fingerprint density at radius 1 is 1.00 bits per heavy atom. The van der Waals surface area contributed by atoms with Crippen molar-refractivity contribution in [3.05, 3.63) is 82.9 Å². The standard InChI is InChI=1S/C21H23F2N5.HI/c1-14-10-16(4-6-18(14)22)12-26-21(24-3)27-13-17-5-7-20(19(23)11-17)28-9-8-25-15(28)2;/h4-11H,12-13H2,1-3H3,(H2,24,26,27);1H. The molecule has 0 saturated carbocycles. The quantitative estimate of drug-likeness (QED) is 0.306. The molecule has 2 aromatic carbocycles. The summed E-state index contributed by atoms with van der Waals surface area (Å²) in [5.74, 6) is 0.773. The van der Waals surface area contributed by atoms with Crippen molar-refractivity contribution in [2.24, 2.45) is 4.99 Å². The van der Waals surface area contributed by atoms with Crippen LogP contribution in [0.4, 0.5) is 8.78 Å². The number of guanidine groups is 1. The van der Waals surface area contributed by atoms with Crippen molar-refractivity contribution in [1.29, 1.82) is 0 Å². The third kappa shape index (κ3) is 5.75. The van der Waals surface area contributed by atoms with Gasteiger partial charge in [-0.2, -0.15) is 0 Å². The third-order valence-corrected chi connectivity index (χ3v) is 4.46. The second-order valence-electron chi connectivity index (χ2n) is 6.49. The number of nitrogens with one attached hydrogen (secondary N) is 2. The van der Waals surface area contributed by atoms with Gasteiger partial charge in [-0.1, -0.05) is 18.2 Å². The molecule has 0 atom stereocenters. The highest BCUT2D eigenvalue weighted by Crippen LogP contribution is 2.16. The number of aliphatic imine (C=N–C) groups is 1. The molecule has 0 aliphatic carbocycles. The van der Waals surface area contributed by atoms with E-state index < -0.39 is 0 Å². The van der Waals surface area contributed by atoms with Crippen LogP contribution in [0.1, 0.15) is 22.5 Å². The van der Waals surface area contributed by atoms with Crippen LogP contribution in [0, 0.1) is 25.5 Å². The average Bonchev–Trinajstić information content (AvgIpc) is 3.10. The Balaban J connectivity index is 0.00000300. The van der Waals surface area contributed by atoms with Gasteiger partial charge in [-0.15, -0.1) is 24.0 Å². The van der Waals surface area contributed by atoms with Gasteiger partial charge < -0.3 is 15.2 Å². The number of nitrogens with zero attached hydrogens (tertiary/aromatic N) is 3. The summed E-state index contributed by atoms with van der Waals surface area (Å²) in [5, 5.41) is 6.32. The maximum Gasteiger partial charge on any atom is 0.191 e. The Hall–Kier alpha value is -2.49. The minimum absolute atomic E-state index is 0. The third-order valence-electron chi connectivity index (χ3n) is 4.46. The molecule has 0 bridgehead atoms. The van der Waals surface area contributed by atoms with Crippen molar-refractivity contribution < 1.29 is 8.78 Å². The Bertz CT molecular complexity index is 1000. The second-order valence-corrected chi connectivity index (χ2v) is 6.49. The number of aromatic nitrogens is 2. The van der Waals surface area contributed by atoms with E-state index in [4.69, 9.17) is 0 Å². The zero-order valence-corrected chi connectivity index (χ0v) is 18.9. The van der Waals surface area contributed by atoms with Crippen LogP contribution < -0.4 is 10.6 Å². The second kappa shape index (κ2) is 10.3. The van der Waals surface area contributed by atoms with Gasteiger partial charge in [0.1, 0.15) is 17.5 Å².